The zero-order valence-electron chi connectivity index (χ0n) is 18.6. The highest BCUT2D eigenvalue weighted by molar-refractivity contribution is 5.99. The van der Waals surface area contributed by atoms with Crippen molar-refractivity contribution < 1.29 is 29.1 Å². The van der Waals surface area contributed by atoms with Crippen LogP contribution < -0.4 is 16.1 Å². The molecule has 0 spiro atoms. The van der Waals surface area contributed by atoms with Gasteiger partial charge in [0.2, 0.25) is 0 Å². The van der Waals surface area contributed by atoms with E-state index < -0.39 is 42.3 Å². The predicted octanol–water partition coefficient (Wildman–Crippen LogP) is 1.93. The average molecular weight is 453 g/mol. The Bertz CT molecular complexity index is 1110. The molecule has 1 heterocycles. The number of hydrogen-bond donors (Lipinski definition) is 4. The number of hydroxylamine groups is 1. The Morgan fingerprint density at radius 2 is 1.76 bits per heavy atom. The van der Waals surface area contributed by atoms with E-state index in [9.17, 15) is 19.2 Å². The molecule has 2 amide bonds. The van der Waals surface area contributed by atoms with Crippen LogP contribution in [0.5, 0.6) is 0 Å². The molecule has 2 aromatic rings. The van der Waals surface area contributed by atoms with Crippen LogP contribution in [0.25, 0.3) is 10.8 Å². The number of carbonyl (C=O) groups is 4. The molecule has 1 aliphatic heterocycles. The average Bonchev–Trinajstić information content (AvgIpc) is 3.25. The molecular formula is C24H27N3O6. The molecule has 0 saturated heterocycles. The van der Waals surface area contributed by atoms with Crippen molar-refractivity contribution in [3.63, 3.8) is 0 Å². The maximum atomic E-state index is 12.9. The van der Waals surface area contributed by atoms with E-state index in [-0.39, 0.29) is 11.8 Å². The van der Waals surface area contributed by atoms with Crippen LogP contribution in [-0.4, -0.2) is 46.9 Å². The maximum absolute atomic E-state index is 12.9. The first-order chi connectivity index (χ1) is 15.7. The summed E-state index contributed by atoms with van der Waals surface area (Å²) >= 11 is 0. The lowest BCUT2D eigenvalue weighted by molar-refractivity contribution is -0.141. The molecular weight excluding hydrogens is 426 g/mol. The third-order valence-electron chi connectivity index (χ3n) is 5.38. The van der Waals surface area contributed by atoms with Crippen LogP contribution in [0.4, 0.5) is 0 Å². The highest BCUT2D eigenvalue weighted by Gasteiger charge is 2.32. The number of amides is 2. The van der Waals surface area contributed by atoms with Crippen molar-refractivity contribution in [1.82, 2.24) is 16.1 Å². The largest absolute Gasteiger partial charge is 0.481 e. The Morgan fingerprint density at radius 3 is 2.39 bits per heavy atom. The van der Waals surface area contributed by atoms with Crippen molar-refractivity contribution in [2.45, 2.75) is 45.4 Å². The molecule has 0 fully saturated rings. The normalized spacial score (nSPS) is 17.1. The second-order valence-electron chi connectivity index (χ2n) is 8.29. The van der Waals surface area contributed by atoms with E-state index in [1.54, 1.807) is 6.07 Å². The summed E-state index contributed by atoms with van der Waals surface area (Å²) < 4.78 is 0. The third-order valence-corrected chi connectivity index (χ3v) is 5.38. The minimum Gasteiger partial charge on any atom is -0.481 e. The lowest BCUT2D eigenvalue weighted by atomic mass is 9.99. The topological polar surface area (TPSA) is 134 Å². The van der Waals surface area contributed by atoms with E-state index in [1.165, 1.54) is 13.0 Å². The van der Waals surface area contributed by atoms with Gasteiger partial charge in [-0.2, -0.15) is 0 Å². The molecule has 0 aliphatic carbocycles. The van der Waals surface area contributed by atoms with Crippen LogP contribution in [-0.2, 0) is 19.2 Å². The maximum Gasteiger partial charge on any atom is 0.305 e. The second kappa shape index (κ2) is 10.3. The Labute approximate surface area is 191 Å². The van der Waals surface area contributed by atoms with Crippen molar-refractivity contribution in [3.05, 3.63) is 59.8 Å². The monoisotopic (exact) mass is 453 g/mol. The number of carboxylic acid groups (broad SMARTS) is 1. The number of hydrogen-bond acceptors (Lipinski definition) is 6. The summed E-state index contributed by atoms with van der Waals surface area (Å²) in [5, 5.41) is 16.3. The van der Waals surface area contributed by atoms with Gasteiger partial charge in [-0.25, -0.2) is 0 Å². The molecule has 0 radical (unpaired) electrons. The number of fused-ring (bicyclic) bond motifs is 1. The van der Waals surface area contributed by atoms with Gasteiger partial charge in [-0.05, 0) is 41.8 Å². The molecule has 9 heteroatoms. The molecule has 3 rings (SSSR count). The van der Waals surface area contributed by atoms with E-state index >= 15 is 0 Å². The van der Waals surface area contributed by atoms with Crippen LogP contribution in [0.15, 0.2) is 54.2 Å². The highest BCUT2D eigenvalue weighted by Crippen LogP contribution is 2.19. The first-order valence-corrected chi connectivity index (χ1v) is 10.6. The number of Topliss-reactive ketones (excluding diaryl/α,β-unsaturated/α-hetero) is 1. The van der Waals surface area contributed by atoms with Crippen LogP contribution in [0.1, 0.15) is 37.6 Å². The minimum absolute atomic E-state index is 0.0319. The SMILES string of the molecule is CC(=O)[C@H](CC(=O)O)NC(=O)C1C=C([C@@H](NC(=O)c2ccc3ccccc3c2)C(C)C)NO1. The molecule has 0 bridgehead atoms. The molecule has 2 aromatic carbocycles. The van der Waals surface area contributed by atoms with Gasteiger partial charge in [0, 0.05) is 5.56 Å². The molecule has 9 nitrogen and oxygen atoms in total. The molecule has 4 N–H and O–H groups in total. The number of carboxylic acids is 1. The van der Waals surface area contributed by atoms with Gasteiger partial charge in [0.05, 0.1) is 24.2 Å². The van der Waals surface area contributed by atoms with Crippen molar-refractivity contribution in [3.8, 4) is 0 Å². The summed E-state index contributed by atoms with van der Waals surface area (Å²) in [6.45, 7) is 5.04. The summed E-state index contributed by atoms with van der Waals surface area (Å²) in [6, 6.07) is 11.6. The van der Waals surface area contributed by atoms with Crippen molar-refractivity contribution >= 4 is 34.3 Å². The van der Waals surface area contributed by atoms with Crippen molar-refractivity contribution in [2.75, 3.05) is 0 Å². The Kier molecular flexibility index (Phi) is 7.44. The van der Waals surface area contributed by atoms with E-state index in [1.807, 2.05) is 50.2 Å². The zero-order valence-corrected chi connectivity index (χ0v) is 18.6. The van der Waals surface area contributed by atoms with E-state index in [4.69, 9.17) is 9.94 Å². The zero-order chi connectivity index (χ0) is 24.1. The van der Waals surface area contributed by atoms with Crippen LogP contribution in [0.3, 0.4) is 0 Å². The van der Waals surface area contributed by atoms with Crippen LogP contribution >= 0.6 is 0 Å². The number of nitrogens with one attached hydrogen (secondary N) is 3. The number of benzene rings is 2. The fourth-order valence-electron chi connectivity index (χ4n) is 3.54. The molecule has 3 atom stereocenters. The van der Waals surface area contributed by atoms with Gasteiger partial charge >= 0.3 is 5.97 Å². The second-order valence-corrected chi connectivity index (χ2v) is 8.29. The fourth-order valence-corrected chi connectivity index (χ4v) is 3.54. The summed E-state index contributed by atoms with van der Waals surface area (Å²) in [5.74, 6) is -2.62. The van der Waals surface area contributed by atoms with Gasteiger partial charge in [-0.15, -0.1) is 0 Å². The van der Waals surface area contributed by atoms with Crippen LogP contribution in [0.2, 0.25) is 0 Å². The van der Waals surface area contributed by atoms with E-state index in [0.29, 0.717) is 11.3 Å². The Morgan fingerprint density at radius 1 is 1.06 bits per heavy atom. The quantitative estimate of drug-likeness (QED) is 0.456. The Balaban J connectivity index is 1.71. The van der Waals surface area contributed by atoms with Gasteiger partial charge in [-0.3, -0.25) is 29.5 Å². The van der Waals surface area contributed by atoms with Gasteiger partial charge in [0.15, 0.2) is 11.9 Å². The molecule has 174 valence electrons. The number of rotatable bonds is 9. The van der Waals surface area contributed by atoms with Crippen molar-refractivity contribution in [2.24, 2.45) is 5.92 Å². The first kappa shape index (κ1) is 23.9. The standard InChI is InChI=1S/C24H27N3O6/c1-13(2)22(26-23(31)17-9-8-15-6-4-5-7-16(15)10-17)19-11-20(33-27-19)24(32)25-18(14(3)28)12-21(29)30/h4-11,13,18,20,22,27H,12H2,1-3H3,(H,25,32)(H,26,31)(H,29,30)/t18-,20?,22-/m0/s1. The number of aliphatic carboxylic acids is 1. The van der Waals surface area contributed by atoms with Gasteiger partial charge in [-0.1, -0.05) is 44.2 Å². The summed E-state index contributed by atoms with van der Waals surface area (Å²) in [6.07, 6.45) is -0.0816. The van der Waals surface area contributed by atoms with Gasteiger partial charge in [0.1, 0.15) is 0 Å². The fraction of sp³-hybridized carbons (Fsp3) is 0.333. The molecule has 1 unspecified atom stereocenters. The van der Waals surface area contributed by atoms with Gasteiger partial charge < -0.3 is 15.7 Å². The smallest absolute Gasteiger partial charge is 0.305 e. The first-order valence-electron chi connectivity index (χ1n) is 10.6. The molecule has 0 saturated carbocycles. The minimum atomic E-state index is -1.20. The summed E-state index contributed by atoms with van der Waals surface area (Å²) in [7, 11) is 0. The lowest BCUT2D eigenvalue weighted by Crippen LogP contribution is -2.45. The summed E-state index contributed by atoms with van der Waals surface area (Å²) in [5.41, 5.74) is 3.69. The molecule has 0 aromatic heterocycles. The number of ketones is 1. The van der Waals surface area contributed by atoms with Crippen LogP contribution in [0, 0.1) is 5.92 Å². The number of carbonyl (C=O) groups excluding carboxylic acids is 3. The molecule has 33 heavy (non-hydrogen) atoms. The van der Waals surface area contributed by atoms with E-state index in [2.05, 4.69) is 16.1 Å². The van der Waals surface area contributed by atoms with E-state index in [0.717, 1.165) is 10.8 Å². The van der Waals surface area contributed by atoms with Crippen molar-refractivity contribution in [1.29, 1.82) is 0 Å². The Hall–Kier alpha value is -3.72. The third kappa shape index (κ3) is 5.95. The predicted molar refractivity (Wildman–Crippen MR) is 121 cm³/mol. The highest BCUT2D eigenvalue weighted by atomic mass is 16.7. The molecule has 1 aliphatic rings. The summed E-state index contributed by atoms with van der Waals surface area (Å²) in [4.78, 5) is 53.3. The van der Waals surface area contributed by atoms with Gasteiger partial charge in [0.25, 0.3) is 11.8 Å². The lowest BCUT2D eigenvalue weighted by Gasteiger charge is -2.23.